The Bertz CT molecular complexity index is 945. The summed E-state index contributed by atoms with van der Waals surface area (Å²) in [6.45, 7) is 6.85. The Balaban J connectivity index is 1.84. The number of nitrogens with zero attached hydrogens (tertiary/aromatic N) is 2. The lowest BCUT2D eigenvalue weighted by molar-refractivity contribution is -0.147. The molecular weight excluding hydrogens is 350 g/mol. The van der Waals surface area contributed by atoms with Crippen LogP contribution in [0.3, 0.4) is 0 Å². The largest absolute Gasteiger partial charge is 0.481 e. The third-order valence-corrected chi connectivity index (χ3v) is 5.03. The molecule has 0 amide bonds. The van der Waals surface area contributed by atoms with Crippen LogP contribution in [0.5, 0.6) is 0 Å². The smallest absolute Gasteiger partial charge is 0.309 e. The molecule has 5 nitrogen and oxygen atoms in total. The average molecular weight is 377 g/mol. The molecule has 146 valence electrons. The lowest BCUT2D eigenvalue weighted by Gasteiger charge is -2.18. The van der Waals surface area contributed by atoms with E-state index in [1.807, 2.05) is 53.3 Å². The fourth-order valence-corrected chi connectivity index (χ4v) is 3.05. The number of para-hydroxylation sites is 1. The summed E-state index contributed by atoms with van der Waals surface area (Å²) in [5, 5.41) is 17.5. The molecule has 0 radical (unpaired) electrons. The third-order valence-electron chi connectivity index (χ3n) is 5.03. The predicted octanol–water partition coefficient (Wildman–Crippen LogP) is 4.44. The van der Waals surface area contributed by atoms with Crippen molar-refractivity contribution in [2.75, 3.05) is 6.54 Å². The minimum Gasteiger partial charge on any atom is -0.481 e. The van der Waals surface area contributed by atoms with Gasteiger partial charge in [0, 0.05) is 23.9 Å². The average Bonchev–Trinajstić information content (AvgIpc) is 3.10. The van der Waals surface area contributed by atoms with Crippen LogP contribution < -0.4 is 5.32 Å². The Morgan fingerprint density at radius 1 is 1.11 bits per heavy atom. The van der Waals surface area contributed by atoms with Crippen LogP contribution in [0.2, 0.25) is 0 Å². The van der Waals surface area contributed by atoms with Crippen LogP contribution in [0.1, 0.15) is 31.4 Å². The first kappa shape index (κ1) is 19.8. The van der Waals surface area contributed by atoms with Gasteiger partial charge >= 0.3 is 5.97 Å². The summed E-state index contributed by atoms with van der Waals surface area (Å²) in [6.07, 6.45) is 2.61. The topological polar surface area (TPSA) is 67.2 Å². The molecule has 28 heavy (non-hydrogen) atoms. The normalized spacial score (nSPS) is 11.5. The molecule has 5 heteroatoms. The molecule has 0 saturated heterocycles. The van der Waals surface area contributed by atoms with Gasteiger partial charge in [0.05, 0.1) is 16.8 Å². The summed E-state index contributed by atoms with van der Waals surface area (Å²) in [4.78, 5) is 11.3. The number of aromatic nitrogens is 2. The van der Waals surface area contributed by atoms with Crippen molar-refractivity contribution in [1.29, 1.82) is 0 Å². The monoisotopic (exact) mass is 377 g/mol. The molecule has 0 bridgehead atoms. The second-order valence-electron chi connectivity index (χ2n) is 7.71. The van der Waals surface area contributed by atoms with Crippen molar-refractivity contribution in [3.8, 4) is 16.9 Å². The van der Waals surface area contributed by atoms with E-state index in [0.717, 1.165) is 22.5 Å². The summed E-state index contributed by atoms with van der Waals surface area (Å²) >= 11 is 0. The van der Waals surface area contributed by atoms with Crippen molar-refractivity contribution in [3.05, 3.63) is 71.9 Å². The van der Waals surface area contributed by atoms with Gasteiger partial charge in [-0.05, 0) is 51.4 Å². The highest BCUT2D eigenvalue weighted by Crippen LogP contribution is 2.27. The van der Waals surface area contributed by atoms with Crippen LogP contribution in [-0.2, 0) is 11.3 Å². The molecule has 0 saturated carbocycles. The van der Waals surface area contributed by atoms with Gasteiger partial charge in [-0.1, -0.05) is 42.5 Å². The van der Waals surface area contributed by atoms with Gasteiger partial charge in [0.25, 0.3) is 0 Å². The molecule has 0 aliphatic rings. The highest BCUT2D eigenvalue weighted by molar-refractivity contribution is 5.73. The van der Waals surface area contributed by atoms with Crippen molar-refractivity contribution in [1.82, 2.24) is 15.1 Å². The van der Waals surface area contributed by atoms with Gasteiger partial charge in [0.2, 0.25) is 0 Å². The lowest BCUT2D eigenvalue weighted by atomic mass is 9.90. The van der Waals surface area contributed by atoms with Crippen molar-refractivity contribution in [2.45, 2.75) is 33.7 Å². The molecule has 0 spiro atoms. The maximum absolute atomic E-state index is 11.3. The van der Waals surface area contributed by atoms with E-state index in [4.69, 9.17) is 5.10 Å². The van der Waals surface area contributed by atoms with Crippen molar-refractivity contribution in [3.63, 3.8) is 0 Å². The van der Waals surface area contributed by atoms with Gasteiger partial charge in [-0.15, -0.1) is 0 Å². The van der Waals surface area contributed by atoms with Gasteiger partial charge in [-0.25, -0.2) is 4.68 Å². The van der Waals surface area contributed by atoms with E-state index in [-0.39, 0.29) is 0 Å². The summed E-state index contributed by atoms with van der Waals surface area (Å²) in [5.41, 5.74) is 4.60. The minimum atomic E-state index is -0.771. The third kappa shape index (κ3) is 4.49. The van der Waals surface area contributed by atoms with E-state index in [2.05, 4.69) is 24.4 Å². The van der Waals surface area contributed by atoms with Crippen molar-refractivity contribution < 1.29 is 9.90 Å². The first-order valence-electron chi connectivity index (χ1n) is 9.52. The van der Waals surface area contributed by atoms with E-state index in [0.29, 0.717) is 19.5 Å². The number of aryl methyl sites for hydroxylation is 1. The molecule has 0 aliphatic heterocycles. The summed E-state index contributed by atoms with van der Waals surface area (Å²) in [7, 11) is 0. The minimum absolute atomic E-state index is 0.564. The zero-order valence-corrected chi connectivity index (χ0v) is 16.6. The van der Waals surface area contributed by atoms with Crippen LogP contribution in [-0.4, -0.2) is 27.4 Å². The highest BCUT2D eigenvalue weighted by atomic mass is 16.4. The Morgan fingerprint density at radius 2 is 1.79 bits per heavy atom. The van der Waals surface area contributed by atoms with Crippen molar-refractivity contribution in [2.24, 2.45) is 5.41 Å². The van der Waals surface area contributed by atoms with E-state index < -0.39 is 11.4 Å². The van der Waals surface area contributed by atoms with E-state index >= 15 is 0 Å². The Hall–Kier alpha value is -2.92. The van der Waals surface area contributed by atoms with E-state index in [9.17, 15) is 9.90 Å². The number of hydrogen-bond acceptors (Lipinski definition) is 3. The Labute approximate surface area is 166 Å². The van der Waals surface area contributed by atoms with Gasteiger partial charge in [-0.2, -0.15) is 5.10 Å². The highest BCUT2D eigenvalue weighted by Gasteiger charge is 2.26. The SMILES string of the molecule is Cc1ccccc1-c1nn(-c2ccccc2)cc1CNCCC(C)(C)C(=O)O. The van der Waals surface area contributed by atoms with Crippen LogP contribution in [0.25, 0.3) is 16.9 Å². The molecular formula is C23H27N3O2. The van der Waals surface area contributed by atoms with E-state index in [1.165, 1.54) is 5.56 Å². The second-order valence-corrected chi connectivity index (χ2v) is 7.71. The quantitative estimate of drug-likeness (QED) is 0.570. The molecule has 1 heterocycles. The number of carboxylic acid groups (broad SMARTS) is 1. The first-order chi connectivity index (χ1) is 13.4. The summed E-state index contributed by atoms with van der Waals surface area (Å²) < 4.78 is 1.90. The molecule has 2 aromatic carbocycles. The molecule has 0 aliphatic carbocycles. The van der Waals surface area contributed by atoms with E-state index in [1.54, 1.807) is 13.8 Å². The Kier molecular flexibility index (Phi) is 5.95. The molecule has 0 fully saturated rings. The van der Waals surface area contributed by atoms with Crippen LogP contribution >= 0.6 is 0 Å². The molecule has 3 aromatic rings. The number of benzene rings is 2. The number of aliphatic carboxylic acids is 1. The maximum atomic E-state index is 11.3. The van der Waals surface area contributed by atoms with Gasteiger partial charge in [-0.3, -0.25) is 4.79 Å². The maximum Gasteiger partial charge on any atom is 0.309 e. The number of nitrogens with one attached hydrogen (secondary N) is 1. The number of carbonyl (C=O) groups is 1. The summed E-state index contributed by atoms with van der Waals surface area (Å²) in [5.74, 6) is -0.771. The molecule has 2 N–H and O–H groups in total. The lowest BCUT2D eigenvalue weighted by Crippen LogP contribution is -2.28. The fraction of sp³-hybridized carbons (Fsp3) is 0.304. The molecule has 0 atom stereocenters. The molecule has 1 aromatic heterocycles. The zero-order valence-electron chi connectivity index (χ0n) is 16.6. The van der Waals surface area contributed by atoms with Crippen molar-refractivity contribution >= 4 is 5.97 Å². The van der Waals surface area contributed by atoms with Gasteiger partial charge in [0.1, 0.15) is 0 Å². The summed E-state index contributed by atoms with van der Waals surface area (Å²) in [6, 6.07) is 18.3. The Morgan fingerprint density at radius 3 is 2.46 bits per heavy atom. The first-order valence-corrected chi connectivity index (χ1v) is 9.52. The van der Waals surface area contributed by atoms with Crippen LogP contribution in [0, 0.1) is 12.3 Å². The number of hydrogen-bond donors (Lipinski definition) is 2. The number of rotatable bonds is 8. The van der Waals surface area contributed by atoms with Gasteiger partial charge < -0.3 is 10.4 Å². The fourth-order valence-electron chi connectivity index (χ4n) is 3.05. The van der Waals surface area contributed by atoms with Crippen LogP contribution in [0.15, 0.2) is 60.8 Å². The predicted molar refractivity (Wildman–Crippen MR) is 111 cm³/mol. The molecule has 0 unspecified atom stereocenters. The second kappa shape index (κ2) is 8.40. The standard InChI is InChI=1S/C23H27N3O2/c1-17-9-7-8-12-20(17)21-18(15-24-14-13-23(2,3)22(27)28)16-26(25-21)19-10-5-4-6-11-19/h4-12,16,24H,13-15H2,1-3H3,(H,27,28). The number of carboxylic acids is 1. The van der Waals surface area contributed by atoms with Crippen LogP contribution in [0.4, 0.5) is 0 Å². The van der Waals surface area contributed by atoms with Gasteiger partial charge in [0.15, 0.2) is 0 Å². The molecule has 3 rings (SSSR count). The zero-order chi connectivity index (χ0) is 20.1.